The average Bonchev–Trinajstić information content (AvgIpc) is 2.59. The van der Waals surface area contributed by atoms with Crippen LogP contribution in [0.3, 0.4) is 0 Å². The minimum Gasteiger partial charge on any atom is -0.375 e. The second-order valence-electron chi connectivity index (χ2n) is 6.15. The van der Waals surface area contributed by atoms with E-state index in [1.165, 1.54) is 16.8 Å². The first kappa shape index (κ1) is 16.4. The third-order valence-electron chi connectivity index (χ3n) is 4.13. The van der Waals surface area contributed by atoms with Crippen LogP contribution >= 0.6 is 0 Å². The molecule has 0 unspecified atom stereocenters. The smallest absolute Gasteiger partial charge is 0.274 e. The molecule has 1 fully saturated rings. The Kier molecular flexibility index (Phi) is 4.76. The van der Waals surface area contributed by atoms with Crippen molar-refractivity contribution >= 4 is 5.91 Å². The van der Waals surface area contributed by atoms with Crippen LogP contribution in [-0.4, -0.2) is 45.9 Å². The maximum Gasteiger partial charge on any atom is 0.274 e. The first-order valence-electron chi connectivity index (χ1n) is 8.09. The van der Waals surface area contributed by atoms with Crippen LogP contribution in [0, 0.1) is 0 Å². The lowest BCUT2D eigenvalue weighted by Gasteiger charge is -2.36. The second-order valence-corrected chi connectivity index (χ2v) is 6.15. The maximum atomic E-state index is 12.8. The van der Waals surface area contributed by atoms with Gasteiger partial charge in [-0.25, -0.2) is 4.68 Å². The normalized spacial score (nSPS) is 20.8. The number of morpholine rings is 1. The van der Waals surface area contributed by atoms with Gasteiger partial charge in [0.2, 0.25) is 0 Å². The van der Waals surface area contributed by atoms with Crippen LogP contribution in [0.15, 0.2) is 47.3 Å². The number of carbonyl (C=O) groups is 1. The summed E-state index contributed by atoms with van der Waals surface area (Å²) in [6.07, 6.45) is 0.000346. The fourth-order valence-corrected chi connectivity index (χ4v) is 2.77. The van der Waals surface area contributed by atoms with E-state index in [1.54, 1.807) is 4.90 Å². The summed E-state index contributed by atoms with van der Waals surface area (Å²) in [4.78, 5) is 26.6. The zero-order valence-electron chi connectivity index (χ0n) is 13.9. The molecule has 6 heteroatoms. The van der Waals surface area contributed by atoms with Crippen LogP contribution in [0.5, 0.6) is 0 Å². The molecular weight excluding hydrogens is 306 g/mol. The van der Waals surface area contributed by atoms with Gasteiger partial charge in [0, 0.05) is 12.6 Å². The fourth-order valence-electron chi connectivity index (χ4n) is 2.77. The minimum absolute atomic E-state index is 0.000346. The molecule has 0 bridgehead atoms. The summed E-state index contributed by atoms with van der Waals surface area (Å²) in [6, 6.07) is 12.5. The highest BCUT2D eigenvalue weighted by Gasteiger charge is 2.29. The van der Waals surface area contributed by atoms with Gasteiger partial charge in [0.05, 0.1) is 25.3 Å². The van der Waals surface area contributed by atoms with Gasteiger partial charge in [0.15, 0.2) is 0 Å². The Morgan fingerprint density at radius 3 is 2.71 bits per heavy atom. The van der Waals surface area contributed by atoms with Gasteiger partial charge >= 0.3 is 0 Å². The summed E-state index contributed by atoms with van der Waals surface area (Å²) in [6.45, 7) is 5.27. The lowest BCUT2D eigenvalue weighted by Crippen LogP contribution is -2.50. The molecule has 1 aromatic carbocycles. The van der Waals surface area contributed by atoms with Crippen molar-refractivity contribution in [3.63, 3.8) is 0 Å². The van der Waals surface area contributed by atoms with Crippen LogP contribution in [0.2, 0.25) is 0 Å². The van der Waals surface area contributed by atoms with E-state index in [-0.39, 0.29) is 29.3 Å². The van der Waals surface area contributed by atoms with Crippen molar-refractivity contribution in [3.8, 4) is 0 Å². The highest BCUT2D eigenvalue weighted by molar-refractivity contribution is 5.92. The molecule has 2 heterocycles. The van der Waals surface area contributed by atoms with Crippen LogP contribution in [0.25, 0.3) is 0 Å². The molecule has 0 N–H and O–H groups in total. The zero-order valence-corrected chi connectivity index (χ0v) is 13.9. The molecule has 1 saturated heterocycles. The molecule has 2 aromatic rings. The number of amides is 1. The fraction of sp³-hybridized carbons (Fsp3) is 0.389. The first-order valence-corrected chi connectivity index (χ1v) is 8.09. The van der Waals surface area contributed by atoms with Crippen molar-refractivity contribution in [1.82, 2.24) is 14.7 Å². The van der Waals surface area contributed by atoms with Crippen LogP contribution in [-0.2, 0) is 11.3 Å². The monoisotopic (exact) mass is 327 g/mol. The number of nitrogens with zero attached hydrogens (tertiary/aromatic N) is 3. The van der Waals surface area contributed by atoms with Crippen molar-refractivity contribution < 1.29 is 9.53 Å². The van der Waals surface area contributed by atoms with Crippen molar-refractivity contribution in [2.75, 3.05) is 13.2 Å². The molecule has 3 rings (SSSR count). The molecule has 1 aromatic heterocycles. The Morgan fingerprint density at radius 1 is 1.21 bits per heavy atom. The molecule has 0 saturated carbocycles. The molecule has 0 radical (unpaired) electrons. The van der Waals surface area contributed by atoms with Crippen LogP contribution in [0.4, 0.5) is 0 Å². The van der Waals surface area contributed by atoms with Gasteiger partial charge in [-0.2, -0.15) is 5.10 Å². The minimum atomic E-state index is -0.223. The summed E-state index contributed by atoms with van der Waals surface area (Å²) < 4.78 is 6.89. The van der Waals surface area contributed by atoms with Gasteiger partial charge in [-0.1, -0.05) is 30.3 Å². The highest BCUT2D eigenvalue weighted by Crippen LogP contribution is 2.14. The molecule has 1 aliphatic heterocycles. The Labute approximate surface area is 140 Å². The maximum absolute atomic E-state index is 12.8. The second kappa shape index (κ2) is 6.97. The van der Waals surface area contributed by atoms with Gasteiger partial charge in [-0.05, 0) is 25.5 Å². The average molecular weight is 327 g/mol. The Morgan fingerprint density at radius 2 is 1.96 bits per heavy atom. The molecular formula is C18H21N3O3. The summed E-state index contributed by atoms with van der Waals surface area (Å²) in [7, 11) is 0. The predicted molar refractivity (Wildman–Crippen MR) is 90.0 cm³/mol. The number of hydrogen-bond donors (Lipinski definition) is 0. The Balaban J connectivity index is 1.85. The number of aromatic nitrogens is 2. The van der Waals surface area contributed by atoms with E-state index >= 15 is 0 Å². The summed E-state index contributed by atoms with van der Waals surface area (Å²) in [5, 5.41) is 4.27. The number of hydrogen-bond acceptors (Lipinski definition) is 4. The third-order valence-corrected chi connectivity index (χ3v) is 4.13. The van der Waals surface area contributed by atoms with Crippen LogP contribution < -0.4 is 5.56 Å². The molecule has 126 valence electrons. The van der Waals surface area contributed by atoms with E-state index < -0.39 is 0 Å². The SMILES string of the molecule is C[C@@H]1CN(C(=O)c2ccc(=O)n(Cc3ccccc3)n2)[C@@H](C)CO1. The van der Waals surface area contributed by atoms with Crippen molar-refractivity contribution in [2.24, 2.45) is 0 Å². The van der Waals surface area contributed by atoms with E-state index in [2.05, 4.69) is 5.10 Å². The lowest BCUT2D eigenvalue weighted by molar-refractivity contribution is -0.0389. The highest BCUT2D eigenvalue weighted by atomic mass is 16.5. The van der Waals surface area contributed by atoms with Crippen molar-refractivity contribution in [2.45, 2.75) is 32.5 Å². The van der Waals surface area contributed by atoms with E-state index in [9.17, 15) is 9.59 Å². The molecule has 0 spiro atoms. The summed E-state index contributed by atoms with van der Waals surface area (Å²) in [5.41, 5.74) is 1.02. The molecule has 2 atom stereocenters. The number of rotatable bonds is 3. The molecule has 0 aliphatic carbocycles. The van der Waals surface area contributed by atoms with Crippen molar-refractivity contribution in [3.05, 3.63) is 64.1 Å². The standard InChI is InChI=1S/C18H21N3O3/c1-13-12-24-14(2)10-20(13)18(23)16-8-9-17(22)21(19-16)11-15-6-4-3-5-7-15/h3-9,13-14H,10-12H2,1-2H3/t13-,14+/m0/s1. The number of benzene rings is 1. The molecule has 1 amide bonds. The van der Waals surface area contributed by atoms with E-state index in [4.69, 9.17) is 4.74 Å². The van der Waals surface area contributed by atoms with Crippen LogP contribution in [0.1, 0.15) is 29.9 Å². The quantitative estimate of drug-likeness (QED) is 0.858. The van der Waals surface area contributed by atoms with E-state index in [1.807, 2.05) is 44.2 Å². The number of carbonyl (C=O) groups excluding carboxylic acids is 1. The van der Waals surface area contributed by atoms with E-state index in [0.29, 0.717) is 19.7 Å². The third kappa shape index (κ3) is 3.54. The summed E-state index contributed by atoms with van der Waals surface area (Å²) >= 11 is 0. The number of ether oxygens (including phenoxy) is 1. The lowest BCUT2D eigenvalue weighted by atomic mass is 10.2. The summed E-state index contributed by atoms with van der Waals surface area (Å²) in [5.74, 6) is -0.167. The van der Waals surface area contributed by atoms with Gasteiger partial charge in [-0.3, -0.25) is 9.59 Å². The van der Waals surface area contributed by atoms with Gasteiger partial charge < -0.3 is 9.64 Å². The topological polar surface area (TPSA) is 64.4 Å². The zero-order chi connectivity index (χ0) is 17.1. The van der Waals surface area contributed by atoms with Gasteiger partial charge in [0.25, 0.3) is 11.5 Å². The molecule has 1 aliphatic rings. The Bertz CT molecular complexity index is 773. The molecule has 24 heavy (non-hydrogen) atoms. The largest absolute Gasteiger partial charge is 0.375 e. The van der Waals surface area contributed by atoms with Crippen molar-refractivity contribution in [1.29, 1.82) is 0 Å². The molecule has 6 nitrogen and oxygen atoms in total. The predicted octanol–water partition coefficient (Wildman–Crippen LogP) is 1.54. The first-order chi connectivity index (χ1) is 11.5. The van der Waals surface area contributed by atoms with Gasteiger partial charge in [0.1, 0.15) is 5.69 Å². The van der Waals surface area contributed by atoms with E-state index in [0.717, 1.165) is 5.56 Å². The van der Waals surface area contributed by atoms with Gasteiger partial charge in [-0.15, -0.1) is 0 Å². The Hall–Kier alpha value is -2.47.